The van der Waals surface area contributed by atoms with Gasteiger partial charge in [0, 0.05) is 12.1 Å². The predicted molar refractivity (Wildman–Crippen MR) is 70.7 cm³/mol. The summed E-state index contributed by atoms with van der Waals surface area (Å²) in [6.45, 7) is 0.203. The molecule has 0 spiro atoms. The lowest BCUT2D eigenvalue weighted by molar-refractivity contribution is -0.149. The number of ether oxygens (including phenoxy) is 2. The van der Waals surface area contributed by atoms with Crippen molar-refractivity contribution in [3.05, 3.63) is 23.8 Å². The fourth-order valence-corrected chi connectivity index (χ4v) is 2.10. The van der Waals surface area contributed by atoms with Crippen LogP contribution < -0.4 is 14.8 Å². The van der Waals surface area contributed by atoms with Crippen molar-refractivity contribution in [1.82, 2.24) is 5.32 Å². The highest BCUT2D eigenvalue weighted by Crippen LogP contribution is 2.46. The van der Waals surface area contributed by atoms with Crippen LogP contribution in [0.5, 0.6) is 11.5 Å². The minimum absolute atomic E-state index is 0.203. The van der Waals surface area contributed by atoms with E-state index in [2.05, 4.69) is 5.32 Å². The Hall–Kier alpha value is -2.24. The molecule has 20 heavy (non-hydrogen) atoms. The van der Waals surface area contributed by atoms with Crippen LogP contribution in [-0.2, 0) is 16.1 Å². The van der Waals surface area contributed by atoms with Gasteiger partial charge in [-0.25, -0.2) is 0 Å². The van der Waals surface area contributed by atoms with E-state index in [4.69, 9.17) is 14.6 Å². The minimum atomic E-state index is -1.23. The van der Waals surface area contributed by atoms with Gasteiger partial charge in [0.25, 0.3) is 0 Å². The Kier molecular flexibility index (Phi) is 3.83. The summed E-state index contributed by atoms with van der Waals surface area (Å²) >= 11 is 0. The molecule has 6 nitrogen and oxygen atoms in total. The van der Waals surface area contributed by atoms with E-state index in [9.17, 15) is 9.59 Å². The van der Waals surface area contributed by atoms with Crippen molar-refractivity contribution in [3.8, 4) is 11.5 Å². The molecule has 0 bridgehead atoms. The molecule has 6 heteroatoms. The van der Waals surface area contributed by atoms with E-state index in [0.717, 1.165) is 5.56 Å². The van der Waals surface area contributed by atoms with Gasteiger partial charge in [-0.15, -0.1) is 0 Å². The maximum absolute atomic E-state index is 11.9. The summed E-state index contributed by atoms with van der Waals surface area (Å²) in [7, 11) is 3.05. The Balaban J connectivity index is 2.08. The summed E-state index contributed by atoms with van der Waals surface area (Å²) < 4.78 is 10.4. The molecule has 1 aromatic rings. The highest BCUT2D eigenvalue weighted by molar-refractivity contribution is 6.04. The van der Waals surface area contributed by atoms with E-state index >= 15 is 0 Å². The number of carbonyl (C=O) groups excluding carboxylic acids is 1. The number of aliphatic carboxylic acids is 1. The van der Waals surface area contributed by atoms with Gasteiger partial charge in [0.15, 0.2) is 11.5 Å². The van der Waals surface area contributed by atoms with Crippen LogP contribution in [0, 0.1) is 5.41 Å². The molecule has 1 amide bonds. The van der Waals surface area contributed by atoms with Crippen molar-refractivity contribution < 1.29 is 24.2 Å². The zero-order chi connectivity index (χ0) is 14.8. The fraction of sp³-hybridized carbons (Fsp3) is 0.429. The van der Waals surface area contributed by atoms with Crippen molar-refractivity contribution in [1.29, 1.82) is 0 Å². The van der Waals surface area contributed by atoms with Crippen LogP contribution in [0.4, 0.5) is 0 Å². The number of hydrogen-bond acceptors (Lipinski definition) is 4. The van der Waals surface area contributed by atoms with Crippen LogP contribution in [-0.4, -0.2) is 31.2 Å². The third kappa shape index (κ3) is 2.41. The summed E-state index contributed by atoms with van der Waals surface area (Å²) in [6, 6.07) is 5.33. The molecule has 0 aliphatic heterocycles. The van der Waals surface area contributed by atoms with Gasteiger partial charge < -0.3 is 19.9 Å². The van der Waals surface area contributed by atoms with Crippen LogP contribution in [0.1, 0.15) is 18.4 Å². The number of carboxylic acid groups (broad SMARTS) is 1. The predicted octanol–water partition coefficient (Wildman–Crippen LogP) is 1.18. The van der Waals surface area contributed by atoms with Gasteiger partial charge in [-0.3, -0.25) is 9.59 Å². The number of carbonyl (C=O) groups is 2. The van der Waals surface area contributed by atoms with E-state index < -0.39 is 17.3 Å². The number of amides is 1. The van der Waals surface area contributed by atoms with E-state index in [-0.39, 0.29) is 6.54 Å². The van der Waals surface area contributed by atoms with Crippen LogP contribution in [0.25, 0.3) is 0 Å². The quantitative estimate of drug-likeness (QED) is 0.764. The van der Waals surface area contributed by atoms with Crippen LogP contribution in [0.3, 0.4) is 0 Å². The molecular formula is C14H17NO5. The SMILES string of the molecule is COc1cccc(CNC(=O)C2(C(=O)O)CC2)c1OC. The number of para-hydroxylation sites is 1. The lowest BCUT2D eigenvalue weighted by atomic mass is 10.1. The highest BCUT2D eigenvalue weighted by atomic mass is 16.5. The molecule has 0 aromatic heterocycles. The summed E-state index contributed by atoms with van der Waals surface area (Å²) in [4.78, 5) is 23.0. The van der Waals surface area contributed by atoms with Crippen molar-refractivity contribution in [3.63, 3.8) is 0 Å². The third-order valence-corrected chi connectivity index (χ3v) is 3.52. The first kappa shape index (κ1) is 14.2. The first-order valence-electron chi connectivity index (χ1n) is 6.26. The molecule has 0 radical (unpaired) electrons. The van der Waals surface area contributed by atoms with Crippen LogP contribution in [0.15, 0.2) is 18.2 Å². The Bertz CT molecular complexity index is 536. The summed E-state index contributed by atoms with van der Waals surface area (Å²) in [6.07, 6.45) is 0.785. The molecule has 1 aliphatic carbocycles. The number of nitrogens with one attached hydrogen (secondary N) is 1. The van der Waals surface area contributed by atoms with Gasteiger partial charge in [-0.1, -0.05) is 12.1 Å². The lowest BCUT2D eigenvalue weighted by Crippen LogP contribution is -2.36. The van der Waals surface area contributed by atoms with Gasteiger partial charge in [-0.2, -0.15) is 0 Å². The molecule has 2 rings (SSSR count). The molecule has 1 saturated carbocycles. The minimum Gasteiger partial charge on any atom is -0.493 e. The van der Waals surface area contributed by atoms with Gasteiger partial charge >= 0.3 is 5.97 Å². The average Bonchev–Trinajstić information content (AvgIpc) is 3.25. The largest absolute Gasteiger partial charge is 0.493 e. The molecule has 108 valence electrons. The van der Waals surface area contributed by atoms with Crippen molar-refractivity contribution >= 4 is 11.9 Å². The van der Waals surface area contributed by atoms with E-state index in [1.165, 1.54) is 14.2 Å². The first-order valence-corrected chi connectivity index (χ1v) is 6.26. The maximum Gasteiger partial charge on any atom is 0.319 e. The highest BCUT2D eigenvalue weighted by Gasteiger charge is 2.56. The Labute approximate surface area is 116 Å². The zero-order valence-electron chi connectivity index (χ0n) is 11.4. The Morgan fingerprint density at radius 2 is 2.00 bits per heavy atom. The third-order valence-electron chi connectivity index (χ3n) is 3.52. The van der Waals surface area contributed by atoms with Crippen molar-refractivity contribution in [2.75, 3.05) is 14.2 Å². The van der Waals surface area contributed by atoms with Gasteiger partial charge in [-0.05, 0) is 18.9 Å². The number of carboxylic acids is 1. The monoisotopic (exact) mass is 279 g/mol. The van der Waals surface area contributed by atoms with E-state index in [0.29, 0.717) is 24.3 Å². The van der Waals surface area contributed by atoms with Gasteiger partial charge in [0.2, 0.25) is 5.91 Å². The maximum atomic E-state index is 11.9. The Morgan fingerprint density at radius 3 is 2.50 bits per heavy atom. The summed E-state index contributed by atoms with van der Waals surface area (Å²) in [5, 5.41) is 11.7. The fourth-order valence-electron chi connectivity index (χ4n) is 2.10. The number of benzene rings is 1. The normalized spacial score (nSPS) is 15.3. The van der Waals surface area contributed by atoms with Crippen LogP contribution in [0.2, 0.25) is 0 Å². The van der Waals surface area contributed by atoms with Gasteiger partial charge in [0.1, 0.15) is 5.41 Å². The Morgan fingerprint density at radius 1 is 1.30 bits per heavy atom. The molecule has 0 heterocycles. The van der Waals surface area contributed by atoms with Crippen molar-refractivity contribution in [2.24, 2.45) is 5.41 Å². The molecule has 1 fully saturated rings. The second-order valence-corrected chi connectivity index (χ2v) is 4.72. The second-order valence-electron chi connectivity index (χ2n) is 4.72. The van der Waals surface area contributed by atoms with Crippen molar-refractivity contribution in [2.45, 2.75) is 19.4 Å². The average molecular weight is 279 g/mol. The molecule has 0 atom stereocenters. The standard InChI is InChI=1S/C14H17NO5/c1-19-10-5-3-4-9(11(10)20-2)8-15-12(16)14(6-7-14)13(17)18/h3-5H,6-8H2,1-2H3,(H,15,16)(H,17,18). The summed E-state index contributed by atoms with van der Waals surface area (Å²) in [5.41, 5.74) is -0.493. The molecule has 0 saturated heterocycles. The van der Waals surface area contributed by atoms with E-state index in [1.807, 2.05) is 0 Å². The molecule has 1 aromatic carbocycles. The second kappa shape index (κ2) is 5.40. The number of hydrogen-bond donors (Lipinski definition) is 2. The number of rotatable bonds is 6. The lowest BCUT2D eigenvalue weighted by Gasteiger charge is -2.14. The number of methoxy groups -OCH3 is 2. The summed E-state index contributed by atoms with van der Waals surface area (Å²) in [5.74, 6) is -0.406. The zero-order valence-corrected chi connectivity index (χ0v) is 11.4. The smallest absolute Gasteiger partial charge is 0.319 e. The molecule has 0 unspecified atom stereocenters. The topological polar surface area (TPSA) is 84.9 Å². The molecule has 2 N–H and O–H groups in total. The van der Waals surface area contributed by atoms with Gasteiger partial charge in [0.05, 0.1) is 14.2 Å². The molecule has 1 aliphatic rings. The first-order chi connectivity index (χ1) is 9.55. The van der Waals surface area contributed by atoms with E-state index in [1.54, 1.807) is 18.2 Å². The van der Waals surface area contributed by atoms with Crippen LogP contribution >= 0.6 is 0 Å². The molecular weight excluding hydrogens is 262 g/mol.